The normalized spacial score (nSPS) is 11.7. The zero-order valence-electron chi connectivity index (χ0n) is 14.9. The van der Waals surface area contributed by atoms with Crippen LogP contribution >= 0.6 is 0 Å². The third kappa shape index (κ3) is 4.04. The molecule has 0 aliphatic carbocycles. The van der Waals surface area contributed by atoms with Crippen LogP contribution in [0.1, 0.15) is 31.9 Å². The maximum atomic E-state index is 12.9. The van der Waals surface area contributed by atoms with Crippen molar-refractivity contribution < 1.29 is 4.79 Å². The Labute approximate surface area is 144 Å². The first-order valence-corrected chi connectivity index (χ1v) is 8.32. The van der Waals surface area contributed by atoms with Crippen molar-refractivity contribution >= 4 is 17.4 Å². The summed E-state index contributed by atoms with van der Waals surface area (Å²) in [7, 11) is 3.93. The Balaban J connectivity index is 2.23. The molecular formula is C19H26N4O. The first kappa shape index (κ1) is 17.8. The van der Waals surface area contributed by atoms with Crippen molar-refractivity contribution in [1.29, 1.82) is 0 Å². The SMILES string of the molecule is CC[C@H](c1ccncc1)N(CC)C(=O)Nc1ccccc1N(C)C. The van der Waals surface area contributed by atoms with Gasteiger partial charge in [0.05, 0.1) is 17.4 Å². The van der Waals surface area contributed by atoms with Crippen LogP contribution in [0.4, 0.5) is 16.2 Å². The number of anilines is 2. The van der Waals surface area contributed by atoms with Gasteiger partial charge in [-0.1, -0.05) is 19.1 Å². The summed E-state index contributed by atoms with van der Waals surface area (Å²) in [5, 5.41) is 3.06. The van der Waals surface area contributed by atoms with E-state index in [2.05, 4.69) is 17.2 Å². The Kier molecular flexibility index (Phi) is 6.18. The van der Waals surface area contributed by atoms with E-state index in [0.717, 1.165) is 23.4 Å². The fraction of sp³-hybridized carbons (Fsp3) is 0.368. The molecule has 0 aliphatic heterocycles. The average molecular weight is 326 g/mol. The standard InChI is InChI=1S/C19H26N4O/c1-5-17(15-11-13-20-14-12-15)23(6-2)19(24)21-16-9-7-8-10-18(16)22(3)4/h7-14,17H,5-6H2,1-4H3,(H,21,24)/t17-/m1/s1. The number of aromatic nitrogens is 1. The highest BCUT2D eigenvalue weighted by molar-refractivity contribution is 5.93. The van der Waals surface area contributed by atoms with Crippen molar-refractivity contribution in [2.24, 2.45) is 0 Å². The van der Waals surface area contributed by atoms with Gasteiger partial charge in [-0.25, -0.2) is 4.79 Å². The molecule has 5 heteroatoms. The largest absolute Gasteiger partial charge is 0.376 e. The second-order valence-electron chi connectivity index (χ2n) is 5.83. The molecule has 0 saturated heterocycles. The topological polar surface area (TPSA) is 48.5 Å². The smallest absolute Gasteiger partial charge is 0.322 e. The molecule has 0 saturated carbocycles. The zero-order chi connectivity index (χ0) is 17.5. The third-order valence-electron chi connectivity index (χ3n) is 4.08. The Hall–Kier alpha value is -2.56. The van der Waals surface area contributed by atoms with E-state index >= 15 is 0 Å². The molecule has 0 spiro atoms. The van der Waals surface area contributed by atoms with Crippen molar-refractivity contribution in [3.8, 4) is 0 Å². The van der Waals surface area contributed by atoms with E-state index < -0.39 is 0 Å². The van der Waals surface area contributed by atoms with Crippen molar-refractivity contribution in [1.82, 2.24) is 9.88 Å². The number of nitrogens with one attached hydrogen (secondary N) is 1. The van der Waals surface area contributed by atoms with E-state index in [1.54, 1.807) is 12.4 Å². The van der Waals surface area contributed by atoms with Crippen LogP contribution in [0.5, 0.6) is 0 Å². The summed E-state index contributed by atoms with van der Waals surface area (Å²) in [5.41, 5.74) is 2.90. The van der Waals surface area contributed by atoms with Crippen LogP contribution < -0.4 is 10.2 Å². The van der Waals surface area contributed by atoms with Crippen LogP contribution in [0.2, 0.25) is 0 Å². The van der Waals surface area contributed by atoms with Crippen molar-refractivity contribution in [3.63, 3.8) is 0 Å². The summed E-state index contributed by atoms with van der Waals surface area (Å²) in [6.07, 6.45) is 4.39. The molecule has 1 aromatic carbocycles. The number of nitrogens with zero attached hydrogens (tertiary/aromatic N) is 3. The molecule has 0 unspecified atom stereocenters. The number of hydrogen-bond donors (Lipinski definition) is 1. The van der Waals surface area contributed by atoms with Crippen molar-refractivity contribution in [2.45, 2.75) is 26.3 Å². The molecule has 2 aromatic rings. The maximum Gasteiger partial charge on any atom is 0.322 e. The Bertz CT molecular complexity index is 657. The lowest BCUT2D eigenvalue weighted by Crippen LogP contribution is -2.38. The van der Waals surface area contributed by atoms with E-state index in [9.17, 15) is 4.79 Å². The Morgan fingerprint density at radius 1 is 1.12 bits per heavy atom. The minimum atomic E-state index is -0.0875. The number of hydrogen-bond acceptors (Lipinski definition) is 3. The van der Waals surface area contributed by atoms with Gasteiger partial charge in [0, 0.05) is 33.0 Å². The molecule has 128 valence electrons. The van der Waals surface area contributed by atoms with E-state index in [4.69, 9.17) is 0 Å². The molecule has 0 fully saturated rings. The minimum absolute atomic E-state index is 0.0320. The molecule has 24 heavy (non-hydrogen) atoms. The van der Waals surface area contributed by atoms with E-state index in [1.807, 2.05) is 67.2 Å². The quantitative estimate of drug-likeness (QED) is 0.867. The van der Waals surface area contributed by atoms with Crippen molar-refractivity contribution in [3.05, 3.63) is 54.4 Å². The number of pyridine rings is 1. The Morgan fingerprint density at radius 2 is 1.79 bits per heavy atom. The molecular weight excluding hydrogens is 300 g/mol. The summed E-state index contributed by atoms with van der Waals surface area (Å²) >= 11 is 0. The van der Waals surface area contributed by atoms with Crippen LogP contribution in [0, 0.1) is 0 Å². The molecule has 1 aromatic heterocycles. The predicted molar refractivity (Wildman–Crippen MR) is 99.4 cm³/mol. The zero-order valence-corrected chi connectivity index (χ0v) is 14.9. The van der Waals surface area contributed by atoms with Gasteiger partial charge in [0.1, 0.15) is 0 Å². The first-order chi connectivity index (χ1) is 11.6. The van der Waals surface area contributed by atoms with Crippen LogP contribution in [0.15, 0.2) is 48.8 Å². The number of benzene rings is 1. The number of para-hydroxylation sites is 2. The molecule has 0 bridgehead atoms. The van der Waals surface area contributed by atoms with Gasteiger partial charge in [-0.3, -0.25) is 4.98 Å². The highest BCUT2D eigenvalue weighted by atomic mass is 16.2. The van der Waals surface area contributed by atoms with Gasteiger partial charge in [-0.15, -0.1) is 0 Å². The molecule has 1 atom stereocenters. The van der Waals surface area contributed by atoms with Crippen LogP contribution in [0.25, 0.3) is 0 Å². The fourth-order valence-corrected chi connectivity index (χ4v) is 2.88. The number of carbonyl (C=O) groups is 1. The first-order valence-electron chi connectivity index (χ1n) is 8.32. The molecule has 1 heterocycles. The summed E-state index contributed by atoms with van der Waals surface area (Å²) in [4.78, 5) is 20.8. The molecule has 2 rings (SSSR count). The monoisotopic (exact) mass is 326 g/mol. The van der Waals surface area contributed by atoms with Gasteiger partial charge < -0.3 is 15.1 Å². The number of amides is 2. The highest BCUT2D eigenvalue weighted by Gasteiger charge is 2.23. The number of urea groups is 1. The average Bonchev–Trinajstić information content (AvgIpc) is 2.60. The predicted octanol–water partition coefficient (Wildman–Crippen LogP) is 4.15. The summed E-state index contributed by atoms with van der Waals surface area (Å²) < 4.78 is 0. The molecule has 5 nitrogen and oxygen atoms in total. The van der Waals surface area contributed by atoms with Crippen LogP contribution in [-0.4, -0.2) is 36.6 Å². The third-order valence-corrected chi connectivity index (χ3v) is 4.08. The van der Waals surface area contributed by atoms with Gasteiger partial charge in [-0.2, -0.15) is 0 Å². The maximum absolute atomic E-state index is 12.9. The fourth-order valence-electron chi connectivity index (χ4n) is 2.88. The second kappa shape index (κ2) is 8.34. The van der Waals surface area contributed by atoms with E-state index in [0.29, 0.717) is 6.54 Å². The summed E-state index contributed by atoms with van der Waals surface area (Å²) in [6, 6.07) is 11.7. The van der Waals surface area contributed by atoms with E-state index in [1.165, 1.54) is 0 Å². The lowest BCUT2D eigenvalue weighted by Gasteiger charge is -2.31. The second-order valence-corrected chi connectivity index (χ2v) is 5.83. The van der Waals surface area contributed by atoms with Gasteiger partial charge in [0.25, 0.3) is 0 Å². The van der Waals surface area contributed by atoms with Gasteiger partial charge in [0.2, 0.25) is 0 Å². The van der Waals surface area contributed by atoms with Gasteiger partial charge in [-0.05, 0) is 43.2 Å². The number of carbonyl (C=O) groups excluding carboxylic acids is 1. The molecule has 0 aliphatic rings. The minimum Gasteiger partial charge on any atom is -0.376 e. The lowest BCUT2D eigenvalue weighted by molar-refractivity contribution is 0.190. The van der Waals surface area contributed by atoms with Crippen molar-refractivity contribution in [2.75, 3.05) is 30.9 Å². The van der Waals surface area contributed by atoms with Gasteiger partial charge in [0.15, 0.2) is 0 Å². The van der Waals surface area contributed by atoms with Gasteiger partial charge >= 0.3 is 6.03 Å². The molecule has 2 amide bonds. The molecule has 0 radical (unpaired) electrons. The summed E-state index contributed by atoms with van der Waals surface area (Å²) in [5.74, 6) is 0. The summed E-state index contributed by atoms with van der Waals surface area (Å²) in [6.45, 7) is 4.73. The highest BCUT2D eigenvalue weighted by Crippen LogP contribution is 2.27. The van der Waals surface area contributed by atoms with E-state index in [-0.39, 0.29) is 12.1 Å². The molecule has 1 N–H and O–H groups in total. The van der Waals surface area contributed by atoms with Crippen LogP contribution in [0.3, 0.4) is 0 Å². The Morgan fingerprint density at radius 3 is 2.38 bits per heavy atom. The number of rotatable bonds is 6. The van der Waals surface area contributed by atoms with Crippen LogP contribution in [-0.2, 0) is 0 Å². The lowest BCUT2D eigenvalue weighted by atomic mass is 10.0.